The van der Waals surface area contributed by atoms with Crippen molar-refractivity contribution in [1.29, 1.82) is 0 Å². The Kier molecular flexibility index (Phi) is 4.87. The molecule has 1 aliphatic heterocycles. The molecule has 1 aliphatic rings. The third-order valence-electron chi connectivity index (χ3n) is 3.66. The molecule has 6 heteroatoms. The summed E-state index contributed by atoms with van der Waals surface area (Å²) >= 11 is 0. The molecule has 1 unspecified atom stereocenters. The van der Waals surface area contributed by atoms with E-state index in [1.165, 1.54) is 16.8 Å². The normalized spacial score (nSPS) is 25.7. The monoisotopic (exact) mass is 324 g/mol. The minimum atomic E-state index is -0.451. The molecule has 1 aromatic rings. The number of nitrogens with one attached hydrogen (secondary N) is 1. The molecule has 0 spiro atoms. The van der Waals surface area contributed by atoms with Gasteiger partial charge in [-0.3, -0.25) is 14.3 Å². The van der Waals surface area contributed by atoms with Crippen molar-refractivity contribution >= 4 is 0 Å². The first-order valence-corrected chi connectivity index (χ1v) is 8.09. The standard InChI is InChI=1S/C17H28N2O4/c1-16(2,3)10-12-11(23-17(4,5)6)9-14(22-12)19-8-7-13(20)18-15(19)21/h7-8,11-12,14H,9-10H2,1-6H3,(H,18,20,21)/t11?,12-,14-/m1/s1. The van der Waals surface area contributed by atoms with Crippen LogP contribution in [0.15, 0.2) is 21.9 Å². The fraction of sp³-hybridized carbons (Fsp3) is 0.765. The first kappa shape index (κ1) is 17.9. The van der Waals surface area contributed by atoms with Crippen molar-refractivity contribution in [2.45, 2.75) is 78.4 Å². The summed E-state index contributed by atoms with van der Waals surface area (Å²) in [6.45, 7) is 12.5. The van der Waals surface area contributed by atoms with Crippen LogP contribution in [0.5, 0.6) is 0 Å². The van der Waals surface area contributed by atoms with E-state index in [1.54, 1.807) is 0 Å². The van der Waals surface area contributed by atoms with Crippen molar-refractivity contribution < 1.29 is 9.47 Å². The molecule has 1 N–H and O–H groups in total. The van der Waals surface area contributed by atoms with Gasteiger partial charge in [0.25, 0.3) is 5.56 Å². The van der Waals surface area contributed by atoms with Crippen molar-refractivity contribution in [3.8, 4) is 0 Å². The quantitative estimate of drug-likeness (QED) is 0.927. The van der Waals surface area contributed by atoms with Crippen LogP contribution in [-0.2, 0) is 9.47 Å². The maximum atomic E-state index is 12.0. The molecule has 0 radical (unpaired) electrons. The van der Waals surface area contributed by atoms with Crippen molar-refractivity contribution in [2.75, 3.05) is 0 Å². The minimum absolute atomic E-state index is 0.0851. The topological polar surface area (TPSA) is 73.3 Å². The summed E-state index contributed by atoms with van der Waals surface area (Å²) in [5.41, 5.74) is -1.05. The summed E-state index contributed by atoms with van der Waals surface area (Å²) in [7, 11) is 0. The predicted octanol–water partition coefficient (Wildman–Crippen LogP) is 2.44. The number of ether oxygens (including phenoxy) is 2. The molecule has 0 aliphatic carbocycles. The van der Waals surface area contributed by atoms with Crippen LogP contribution in [0.4, 0.5) is 0 Å². The third-order valence-corrected chi connectivity index (χ3v) is 3.66. The zero-order chi connectivity index (χ0) is 17.4. The Hall–Kier alpha value is -1.40. The Morgan fingerprint density at radius 3 is 2.43 bits per heavy atom. The Bertz CT molecular complexity index is 624. The second-order valence-electron chi connectivity index (χ2n) is 8.42. The van der Waals surface area contributed by atoms with E-state index >= 15 is 0 Å². The SMILES string of the molecule is CC(C)(C)C[C@H]1O[C@@H](n2ccc(=O)[nH]c2=O)CC1OC(C)(C)C. The van der Waals surface area contributed by atoms with Crippen molar-refractivity contribution in [3.05, 3.63) is 33.1 Å². The van der Waals surface area contributed by atoms with Gasteiger partial charge in [0.1, 0.15) is 6.23 Å². The summed E-state index contributed by atoms with van der Waals surface area (Å²) in [5.74, 6) is 0. The van der Waals surface area contributed by atoms with Crippen LogP contribution in [0.3, 0.4) is 0 Å². The average Bonchev–Trinajstić information content (AvgIpc) is 2.67. The van der Waals surface area contributed by atoms with Gasteiger partial charge in [0.2, 0.25) is 0 Å². The second-order valence-corrected chi connectivity index (χ2v) is 8.42. The maximum absolute atomic E-state index is 12.0. The summed E-state index contributed by atoms with van der Waals surface area (Å²) in [4.78, 5) is 25.5. The molecule has 6 nitrogen and oxygen atoms in total. The Morgan fingerprint density at radius 1 is 1.26 bits per heavy atom. The number of hydrogen-bond donors (Lipinski definition) is 1. The largest absolute Gasteiger partial charge is 0.370 e. The summed E-state index contributed by atoms with van der Waals surface area (Å²) in [5, 5.41) is 0. The number of aromatic amines is 1. The zero-order valence-corrected chi connectivity index (χ0v) is 14.9. The van der Waals surface area contributed by atoms with Crippen molar-refractivity contribution in [2.24, 2.45) is 5.41 Å². The van der Waals surface area contributed by atoms with Crippen LogP contribution < -0.4 is 11.2 Å². The summed E-state index contributed by atoms with van der Waals surface area (Å²) in [6, 6.07) is 1.33. The highest BCUT2D eigenvalue weighted by Crippen LogP contribution is 2.37. The first-order valence-electron chi connectivity index (χ1n) is 8.09. The van der Waals surface area contributed by atoms with Crippen molar-refractivity contribution in [3.63, 3.8) is 0 Å². The lowest BCUT2D eigenvalue weighted by molar-refractivity contribution is -0.102. The minimum Gasteiger partial charge on any atom is -0.370 e. The van der Waals surface area contributed by atoms with Gasteiger partial charge in [-0.15, -0.1) is 0 Å². The maximum Gasteiger partial charge on any atom is 0.330 e. The zero-order valence-electron chi connectivity index (χ0n) is 14.9. The van der Waals surface area contributed by atoms with Crippen LogP contribution in [0.2, 0.25) is 0 Å². The van der Waals surface area contributed by atoms with Gasteiger partial charge < -0.3 is 9.47 Å². The molecule has 23 heavy (non-hydrogen) atoms. The smallest absolute Gasteiger partial charge is 0.330 e. The molecule has 1 fully saturated rings. The molecule has 1 saturated heterocycles. The fourth-order valence-corrected chi connectivity index (χ4v) is 2.89. The molecule has 0 saturated carbocycles. The van der Waals surface area contributed by atoms with Gasteiger partial charge in [-0.2, -0.15) is 0 Å². The van der Waals surface area contributed by atoms with E-state index in [0.29, 0.717) is 6.42 Å². The van der Waals surface area contributed by atoms with Gasteiger partial charge in [-0.05, 0) is 32.6 Å². The summed E-state index contributed by atoms with van der Waals surface area (Å²) in [6.07, 6.45) is 2.32. The number of rotatable bonds is 3. The van der Waals surface area contributed by atoms with Crippen LogP contribution in [0, 0.1) is 5.41 Å². The van der Waals surface area contributed by atoms with Crippen LogP contribution in [0.25, 0.3) is 0 Å². The number of aromatic nitrogens is 2. The first-order chi connectivity index (χ1) is 10.4. The van der Waals surface area contributed by atoms with Crippen LogP contribution in [-0.4, -0.2) is 27.4 Å². The molecule has 0 bridgehead atoms. The average molecular weight is 324 g/mol. The Balaban J connectivity index is 2.24. The number of hydrogen-bond acceptors (Lipinski definition) is 4. The number of H-pyrrole nitrogens is 1. The lowest BCUT2D eigenvalue weighted by Crippen LogP contribution is -2.35. The highest BCUT2D eigenvalue weighted by molar-refractivity contribution is 4.91. The van der Waals surface area contributed by atoms with Gasteiger partial charge in [0.15, 0.2) is 0 Å². The predicted molar refractivity (Wildman–Crippen MR) is 88.5 cm³/mol. The molecule has 3 atom stereocenters. The van der Waals surface area contributed by atoms with E-state index in [0.717, 1.165) is 6.42 Å². The van der Waals surface area contributed by atoms with Gasteiger partial charge in [-0.1, -0.05) is 20.8 Å². The van der Waals surface area contributed by atoms with Gasteiger partial charge in [0.05, 0.1) is 17.8 Å². The fourth-order valence-electron chi connectivity index (χ4n) is 2.89. The lowest BCUT2D eigenvalue weighted by atomic mass is 9.87. The molecule has 1 aromatic heterocycles. The highest BCUT2D eigenvalue weighted by atomic mass is 16.6. The van der Waals surface area contributed by atoms with E-state index < -0.39 is 17.5 Å². The molecular formula is C17H28N2O4. The van der Waals surface area contributed by atoms with E-state index in [4.69, 9.17) is 9.47 Å². The molecule has 2 rings (SSSR count). The van der Waals surface area contributed by atoms with E-state index in [9.17, 15) is 9.59 Å². The molecule has 2 heterocycles. The second kappa shape index (κ2) is 6.24. The van der Waals surface area contributed by atoms with Crippen LogP contribution >= 0.6 is 0 Å². The van der Waals surface area contributed by atoms with Crippen molar-refractivity contribution in [1.82, 2.24) is 9.55 Å². The molecule has 0 amide bonds. The van der Waals surface area contributed by atoms with Gasteiger partial charge in [0, 0.05) is 18.7 Å². The highest BCUT2D eigenvalue weighted by Gasteiger charge is 2.41. The number of nitrogens with zero attached hydrogens (tertiary/aromatic N) is 1. The van der Waals surface area contributed by atoms with E-state index in [2.05, 4.69) is 25.8 Å². The Morgan fingerprint density at radius 2 is 1.91 bits per heavy atom. The van der Waals surface area contributed by atoms with Gasteiger partial charge >= 0.3 is 5.69 Å². The third kappa shape index (κ3) is 5.04. The molecule has 130 valence electrons. The lowest BCUT2D eigenvalue weighted by Gasteiger charge is -2.31. The van der Waals surface area contributed by atoms with Gasteiger partial charge in [-0.25, -0.2) is 4.79 Å². The van der Waals surface area contributed by atoms with E-state index in [-0.39, 0.29) is 23.2 Å². The Labute approximate surface area is 136 Å². The molecule has 0 aromatic carbocycles. The summed E-state index contributed by atoms with van der Waals surface area (Å²) < 4.78 is 13.7. The molecular weight excluding hydrogens is 296 g/mol. The van der Waals surface area contributed by atoms with Crippen LogP contribution in [0.1, 0.15) is 60.6 Å². The van der Waals surface area contributed by atoms with E-state index in [1.807, 2.05) is 20.8 Å².